The molecule has 21 heavy (non-hydrogen) atoms. The zero-order chi connectivity index (χ0) is 15.2. The van der Waals surface area contributed by atoms with Crippen molar-refractivity contribution in [3.63, 3.8) is 0 Å². The van der Waals surface area contributed by atoms with Crippen molar-refractivity contribution in [1.29, 1.82) is 0 Å². The summed E-state index contributed by atoms with van der Waals surface area (Å²) in [5.74, 6) is 0. The topological polar surface area (TPSA) is 15.3 Å². The molecule has 2 aromatic carbocycles. The number of likely N-dealkylation sites (N-methyl/N-ethyl adjacent to an activating group) is 1. The van der Waals surface area contributed by atoms with E-state index in [1.807, 2.05) is 0 Å². The van der Waals surface area contributed by atoms with E-state index in [9.17, 15) is 0 Å². The minimum Gasteiger partial charge on any atom is -0.308 e. The van der Waals surface area contributed by atoms with Crippen LogP contribution < -0.4 is 5.32 Å². The molecule has 112 valence electrons. The third-order valence-electron chi connectivity index (χ3n) is 3.92. The molecule has 0 amide bonds. The molecule has 0 fully saturated rings. The fourth-order valence-corrected chi connectivity index (χ4v) is 2.69. The van der Waals surface area contributed by atoms with E-state index in [-0.39, 0.29) is 0 Å². The fraction of sp³-hybridized carbons (Fsp3) is 0.368. The van der Waals surface area contributed by atoms with E-state index in [1.54, 1.807) is 0 Å². The summed E-state index contributed by atoms with van der Waals surface area (Å²) in [6.07, 6.45) is 0. The highest BCUT2D eigenvalue weighted by Gasteiger charge is 2.12. The van der Waals surface area contributed by atoms with Crippen molar-refractivity contribution in [3.05, 3.63) is 70.8 Å². The highest BCUT2D eigenvalue weighted by molar-refractivity contribution is 5.33. The fourth-order valence-electron chi connectivity index (χ4n) is 2.69. The predicted molar refractivity (Wildman–Crippen MR) is 90.5 cm³/mol. The summed E-state index contributed by atoms with van der Waals surface area (Å²) in [5, 5.41) is 3.72. The van der Waals surface area contributed by atoms with Gasteiger partial charge >= 0.3 is 0 Å². The van der Waals surface area contributed by atoms with Gasteiger partial charge in [-0.25, -0.2) is 0 Å². The lowest BCUT2D eigenvalue weighted by atomic mass is 10.0. The second-order valence-electron chi connectivity index (χ2n) is 5.98. The molecular formula is C19H26N2. The molecule has 0 heterocycles. The Labute approximate surface area is 128 Å². The van der Waals surface area contributed by atoms with Gasteiger partial charge in [0.05, 0.1) is 0 Å². The van der Waals surface area contributed by atoms with Gasteiger partial charge in [0.1, 0.15) is 0 Å². The van der Waals surface area contributed by atoms with E-state index in [0.717, 1.165) is 13.1 Å². The molecular weight excluding hydrogens is 256 g/mol. The van der Waals surface area contributed by atoms with Crippen LogP contribution in [0.3, 0.4) is 0 Å². The molecule has 1 N–H and O–H groups in total. The Bertz CT molecular complexity index is 541. The molecule has 0 aliphatic carbocycles. The first-order chi connectivity index (χ1) is 10.1. The lowest BCUT2D eigenvalue weighted by molar-refractivity contribution is 0.340. The van der Waals surface area contributed by atoms with Gasteiger partial charge in [-0.3, -0.25) is 0 Å². The Morgan fingerprint density at radius 1 is 0.905 bits per heavy atom. The van der Waals surface area contributed by atoms with E-state index in [1.165, 1.54) is 22.3 Å². The van der Waals surface area contributed by atoms with Crippen molar-refractivity contribution in [2.75, 3.05) is 20.6 Å². The number of nitrogens with one attached hydrogen (secondary N) is 1. The first-order valence-electron chi connectivity index (χ1n) is 7.56. The summed E-state index contributed by atoms with van der Waals surface area (Å²) in [4.78, 5) is 2.23. The van der Waals surface area contributed by atoms with Crippen LogP contribution in [0.15, 0.2) is 48.5 Å². The maximum absolute atomic E-state index is 3.72. The van der Waals surface area contributed by atoms with E-state index in [2.05, 4.69) is 86.7 Å². The summed E-state index contributed by atoms with van der Waals surface area (Å²) in [6, 6.07) is 17.5. The van der Waals surface area contributed by atoms with Crippen LogP contribution in [0.2, 0.25) is 0 Å². The Morgan fingerprint density at radius 2 is 1.52 bits per heavy atom. The van der Waals surface area contributed by atoms with Crippen molar-refractivity contribution >= 4 is 0 Å². The number of rotatable bonds is 6. The van der Waals surface area contributed by atoms with Gasteiger partial charge in [-0.1, -0.05) is 48.5 Å². The van der Waals surface area contributed by atoms with Crippen molar-refractivity contribution in [2.24, 2.45) is 0 Å². The molecule has 0 saturated carbocycles. The van der Waals surface area contributed by atoms with Crippen LogP contribution in [0, 0.1) is 13.8 Å². The van der Waals surface area contributed by atoms with E-state index in [0.29, 0.717) is 6.04 Å². The Kier molecular flexibility index (Phi) is 5.54. The van der Waals surface area contributed by atoms with Gasteiger partial charge in [0.15, 0.2) is 0 Å². The van der Waals surface area contributed by atoms with Crippen molar-refractivity contribution in [1.82, 2.24) is 10.2 Å². The van der Waals surface area contributed by atoms with Crippen molar-refractivity contribution < 1.29 is 0 Å². The first kappa shape index (κ1) is 15.7. The number of benzene rings is 2. The average Bonchev–Trinajstić information content (AvgIpc) is 2.46. The quantitative estimate of drug-likeness (QED) is 0.869. The SMILES string of the molecule is Cc1cccc(C)c1CNC(CN(C)C)c1ccccc1. The number of aryl methyl sites for hydroxylation is 2. The molecule has 1 unspecified atom stereocenters. The molecule has 0 radical (unpaired) electrons. The summed E-state index contributed by atoms with van der Waals surface area (Å²) in [6.45, 7) is 6.28. The molecule has 0 aromatic heterocycles. The van der Waals surface area contributed by atoms with Crippen LogP contribution >= 0.6 is 0 Å². The molecule has 0 bridgehead atoms. The van der Waals surface area contributed by atoms with Crippen molar-refractivity contribution in [3.8, 4) is 0 Å². The van der Waals surface area contributed by atoms with Crippen LogP contribution in [0.1, 0.15) is 28.3 Å². The summed E-state index contributed by atoms with van der Waals surface area (Å²) >= 11 is 0. The smallest absolute Gasteiger partial charge is 0.0451 e. The number of hydrogen-bond acceptors (Lipinski definition) is 2. The maximum Gasteiger partial charge on any atom is 0.0451 e. The van der Waals surface area contributed by atoms with E-state index in [4.69, 9.17) is 0 Å². The maximum atomic E-state index is 3.72. The third kappa shape index (κ3) is 4.42. The Hall–Kier alpha value is -1.64. The second kappa shape index (κ2) is 7.39. The van der Waals surface area contributed by atoms with Gasteiger partial charge in [-0.2, -0.15) is 0 Å². The predicted octanol–water partition coefficient (Wildman–Crippen LogP) is 3.70. The lowest BCUT2D eigenvalue weighted by Crippen LogP contribution is -2.31. The van der Waals surface area contributed by atoms with Gasteiger partial charge in [-0.15, -0.1) is 0 Å². The second-order valence-corrected chi connectivity index (χ2v) is 5.98. The molecule has 2 rings (SSSR count). The first-order valence-corrected chi connectivity index (χ1v) is 7.56. The van der Waals surface area contributed by atoms with Crippen LogP contribution in [-0.2, 0) is 6.54 Å². The highest BCUT2D eigenvalue weighted by Crippen LogP contribution is 2.17. The largest absolute Gasteiger partial charge is 0.308 e. The normalized spacial score (nSPS) is 12.6. The molecule has 1 atom stereocenters. The monoisotopic (exact) mass is 282 g/mol. The van der Waals surface area contributed by atoms with Crippen LogP contribution in [-0.4, -0.2) is 25.5 Å². The van der Waals surface area contributed by atoms with Crippen LogP contribution in [0.5, 0.6) is 0 Å². The Morgan fingerprint density at radius 3 is 2.10 bits per heavy atom. The Balaban J connectivity index is 2.13. The summed E-state index contributed by atoms with van der Waals surface area (Å²) in [7, 11) is 4.24. The molecule has 0 saturated heterocycles. The minimum atomic E-state index is 0.347. The summed E-state index contributed by atoms with van der Waals surface area (Å²) < 4.78 is 0. The molecule has 2 nitrogen and oxygen atoms in total. The lowest BCUT2D eigenvalue weighted by Gasteiger charge is -2.24. The standard InChI is InChI=1S/C19H26N2/c1-15-9-8-10-16(2)18(15)13-20-19(14-21(3)4)17-11-6-5-7-12-17/h5-12,19-20H,13-14H2,1-4H3. The van der Waals surface area contributed by atoms with Gasteiger partial charge in [0.2, 0.25) is 0 Å². The van der Waals surface area contributed by atoms with Gasteiger partial charge in [0.25, 0.3) is 0 Å². The summed E-state index contributed by atoms with van der Waals surface area (Å²) in [5.41, 5.74) is 5.48. The molecule has 0 aliphatic heterocycles. The van der Waals surface area contributed by atoms with E-state index < -0.39 is 0 Å². The zero-order valence-electron chi connectivity index (χ0n) is 13.6. The third-order valence-corrected chi connectivity index (χ3v) is 3.92. The highest BCUT2D eigenvalue weighted by atomic mass is 15.1. The van der Waals surface area contributed by atoms with Crippen molar-refractivity contribution in [2.45, 2.75) is 26.4 Å². The van der Waals surface area contributed by atoms with Gasteiger partial charge < -0.3 is 10.2 Å². The number of nitrogens with zero attached hydrogens (tertiary/aromatic N) is 1. The average molecular weight is 282 g/mol. The number of hydrogen-bond donors (Lipinski definition) is 1. The van der Waals surface area contributed by atoms with Crippen LogP contribution in [0.25, 0.3) is 0 Å². The van der Waals surface area contributed by atoms with E-state index >= 15 is 0 Å². The molecule has 0 aliphatic rings. The molecule has 0 spiro atoms. The van der Waals surface area contributed by atoms with Crippen LogP contribution in [0.4, 0.5) is 0 Å². The van der Waals surface area contributed by atoms with Gasteiger partial charge in [-0.05, 0) is 50.2 Å². The molecule has 2 aromatic rings. The zero-order valence-corrected chi connectivity index (χ0v) is 13.6. The van der Waals surface area contributed by atoms with Gasteiger partial charge in [0, 0.05) is 19.1 Å². The minimum absolute atomic E-state index is 0.347. The molecule has 2 heteroatoms.